The third-order valence-corrected chi connectivity index (χ3v) is 3.82. The molecule has 20 heavy (non-hydrogen) atoms. The van der Waals surface area contributed by atoms with Crippen molar-refractivity contribution in [1.29, 1.82) is 0 Å². The molecule has 0 spiro atoms. The second-order valence-electron chi connectivity index (χ2n) is 4.83. The van der Waals surface area contributed by atoms with Crippen molar-refractivity contribution in [2.45, 2.75) is 31.7 Å². The molecule has 0 saturated carbocycles. The number of aromatic nitrogens is 1. The van der Waals surface area contributed by atoms with Crippen LogP contribution in [0.5, 0.6) is 11.5 Å². The Balaban J connectivity index is 2.06. The summed E-state index contributed by atoms with van der Waals surface area (Å²) in [4.78, 5) is 0. The maximum Gasteiger partial charge on any atom is 0.147 e. The molecule has 0 amide bonds. The first-order valence-electron chi connectivity index (χ1n) is 6.69. The standard InChI is InChI=1S/C15H16BrNO3/c1-3-18-15-5-10-4-9(2)19-14(10)7-12(15)13-6-11(8-16)20-17-13/h5-7,9H,3-4,8H2,1-2H3. The Labute approximate surface area is 126 Å². The van der Waals surface area contributed by atoms with Gasteiger partial charge >= 0.3 is 0 Å². The highest BCUT2D eigenvalue weighted by Gasteiger charge is 2.23. The van der Waals surface area contributed by atoms with Gasteiger partial charge in [0, 0.05) is 23.6 Å². The zero-order chi connectivity index (χ0) is 14.1. The average Bonchev–Trinajstić information content (AvgIpc) is 3.03. The Morgan fingerprint density at radius 2 is 2.25 bits per heavy atom. The lowest BCUT2D eigenvalue weighted by Gasteiger charge is -2.10. The number of fused-ring (bicyclic) bond motifs is 1. The SMILES string of the molecule is CCOc1cc2c(cc1-c1cc(CBr)on1)OC(C)C2. The Morgan fingerprint density at radius 1 is 1.40 bits per heavy atom. The molecule has 3 rings (SSSR count). The third-order valence-electron chi connectivity index (χ3n) is 3.26. The van der Waals surface area contributed by atoms with Crippen LogP contribution in [-0.2, 0) is 11.8 Å². The molecular formula is C15H16BrNO3. The number of alkyl halides is 1. The molecule has 1 aromatic heterocycles. The van der Waals surface area contributed by atoms with Gasteiger partial charge in [0.15, 0.2) is 0 Å². The summed E-state index contributed by atoms with van der Waals surface area (Å²) in [6, 6.07) is 5.97. The fraction of sp³-hybridized carbons (Fsp3) is 0.400. The zero-order valence-electron chi connectivity index (χ0n) is 11.5. The summed E-state index contributed by atoms with van der Waals surface area (Å²) in [6.07, 6.45) is 1.13. The Morgan fingerprint density at radius 3 is 2.95 bits per heavy atom. The van der Waals surface area contributed by atoms with E-state index in [1.165, 1.54) is 5.56 Å². The summed E-state index contributed by atoms with van der Waals surface area (Å²) in [7, 11) is 0. The Hall–Kier alpha value is -1.49. The molecule has 1 aliphatic heterocycles. The van der Waals surface area contributed by atoms with Crippen LogP contribution in [0.2, 0.25) is 0 Å². The van der Waals surface area contributed by atoms with E-state index < -0.39 is 0 Å². The maximum absolute atomic E-state index is 5.81. The van der Waals surface area contributed by atoms with Crippen LogP contribution in [0.4, 0.5) is 0 Å². The number of rotatable bonds is 4. The van der Waals surface area contributed by atoms with Crippen LogP contribution < -0.4 is 9.47 Å². The first-order chi connectivity index (χ1) is 9.71. The fourth-order valence-electron chi connectivity index (χ4n) is 2.42. The van der Waals surface area contributed by atoms with E-state index in [1.54, 1.807) is 0 Å². The van der Waals surface area contributed by atoms with Gasteiger partial charge in [-0.25, -0.2) is 0 Å². The molecule has 1 unspecified atom stereocenters. The van der Waals surface area contributed by atoms with Crippen molar-refractivity contribution in [2.75, 3.05) is 6.61 Å². The molecular weight excluding hydrogens is 322 g/mol. The fourth-order valence-corrected chi connectivity index (χ4v) is 2.68. The van der Waals surface area contributed by atoms with Crippen molar-refractivity contribution in [3.8, 4) is 22.8 Å². The van der Waals surface area contributed by atoms with Crippen molar-refractivity contribution in [3.63, 3.8) is 0 Å². The lowest BCUT2D eigenvalue weighted by atomic mass is 10.0. The van der Waals surface area contributed by atoms with Crippen LogP contribution in [0.25, 0.3) is 11.3 Å². The summed E-state index contributed by atoms with van der Waals surface area (Å²) in [5, 5.41) is 4.75. The second kappa shape index (κ2) is 5.48. The van der Waals surface area contributed by atoms with Gasteiger partial charge in [-0.05, 0) is 26.0 Å². The van der Waals surface area contributed by atoms with Crippen molar-refractivity contribution in [1.82, 2.24) is 5.16 Å². The third kappa shape index (κ3) is 2.42. The minimum Gasteiger partial charge on any atom is -0.493 e. The highest BCUT2D eigenvalue weighted by Crippen LogP contribution is 2.39. The molecule has 0 fully saturated rings. The summed E-state index contributed by atoms with van der Waals surface area (Å²) in [6.45, 7) is 4.66. The highest BCUT2D eigenvalue weighted by atomic mass is 79.9. The molecule has 0 saturated heterocycles. The molecule has 1 atom stereocenters. The van der Waals surface area contributed by atoms with E-state index >= 15 is 0 Å². The Bertz CT molecular complexity index is 624. The van der Waals surface area contributed by atoms with Crippen molar-refractivity contribution in [2.24, 2.45) is 0 Å². The number of benzene rings is 1. The quantitative estimate of drug-likeness (QED) is 0.792. The summed E-state index contributed by atoms with van der Waals surface area (Å²) >= 11 is 3.36. The van der Waals surface area contributed by atoms with Gasteiger partial charge in [-0.2, -0.15) is 0 Å². The van der Waals surface area contributed by atoms with Crippen LogP contribution in [0.3, 0.4) is 0 Å². The molecule has 1 aromatic carbocycles. The molecule has 2 aromatic rings. The van der Waals surface area contributed by atoms with Gasteiger partial charge in [0.2, 0.25) is 0 Å². The van der Waals surface area contributed by atoms with E-state index in [-0.39, 0.29) is 6.10 Å². The van der Waals surface area contributed by atoms with Crippen LogP contribution in [-0.4, -0.2) is 17.9 Å². The number of hydrogen-bond donors (Lipinski definition) is 0. The monoisotopic (exact) mass is 337 g/mol. The second-order valence-corrected chi connectivity index (χ2v) is 5.39. The normalized spacial score (nSPS) is 16.9. The van der Waals surface area contributed by atoms with E-state index in [2.05, 4.69) is 34.1 Å². The number of nitrogens with zero attached hydrogens (tertiary/aromatic N) is 1. The number of hydrogen-bond acceptors (Lipinski definition) is 4. The molecule has 5 heteroatoms. The number of ether oxygens (including phenoxy) is 2. The van der Waals surface area contributed by atoms with Gasteiger partial charge in [0.25, 0.3) is 0 Å². The maximum atomic E-state index is 5.81. The van der Waals surface area contributed by atoms with Gasteiger partial charge in [-0.3, -0.25) is 0 Å². The van der Waals surface area contributed by atoms with Crippen LogP contribution in [0.15, 0.2) is 22.7 Å². The summed E-state index contributed by atoms with van der Waals surface area (Å²) < 4.78 is 16.8. The van der Waals surface area contributed by atoms with Crippen molar-refractivity contribution >= 4 is 15.9 Å². The average molecular weight is 338 g/mol. The predicted octanol–water partition coefficient (Wildman–Crippen LogP) is 3.96. The van der Waals surface area contributed by atoms with Crippen LogP contribution in [0, 0.1) is 0 Å². The molecule has 1 aliphatic rings. The summed E-state index contributed by atoms with van der Waals surface area (Å²) in [5.41, 5.74) is 2.87. The smallest absolute Gasteiger partial charge is 0.147 e. The minimum atomic E-state index is 0.213. The molecule has 106 valence electrons. The van der Waals surface area contributed by atoms with Crippen molar-refractivity contribution < 1.29 is 14.0 Å². The van der Waals surface area contributed by atoms with Gasteiger partial charge in [-0.1, -0.05) is 21.1 Å². The topological polar surface area (TPSA) is 44.5 Å². The van der Waals surface area contributed by atoms with E-state index in [1.807, 2.05) is 19.1 Å². The van der Waals surface area contributed by atoms with Gasteiger partial charge in [0.1, 0.15) is 29.1 Å². The zero-order valence-corrected chi connectivity index (χ0v) is 13.1. The molecule has 0 N–H and O–H groups in total. The summed E-state index contributed by atoms with van der Waals surface area (Å²) in [5.74, 6) is 2.54. The number of halogens is 1. The van der Waals surface area contributed by atoms with Crippen LogP contribution >= 0.6 is 15.9 Å². The molecule has 0 radical (unpaired) electrons. The first kappa shape index (κ1) is 13.5. The van der Waals surface area contributed by atoms with Gasteiger partial charge in [0.05, 0.1) is 11.9 Å². The Kier molecular flexibility index (Phi) is 3.70. The van der Waals surface area contributed by atoms with Crippen molar-refractivity contribution in [3.05, 3.63) is 29.5 Å². The molecule has 4 nitrogen and oxygen atoms in total. The van der Waals surface area contributed by atoms with Gasteiger partial charge in [-0.15, -0.1) is 0 Å². The molecule has 2 heterocycles. The van der Waals surface area contributed by atoms with E-state index in [4.69, 9.17) is 14.0 Å². The van der Waals surface area contributed by atoms with Gasteiger partial charge < -0.3 is 14.0 Å². The molecule has 0 bridgehead atoms. The predicted molar refractivity (Wildman–Crippen MR) is 79.5 cm³/mol. The van der Waals surface area contributed by atoms with E-state index in [0.717, 1.165) is 34.9 Å². The minimum absolute atomic E-state index is 0.213. The van der Waals surface area contributed by atoms with E-state index in [9.17, 15) is 0 Å². The van der Waals surface area contributed by atoms with E-state index in [0.29, 0.717) is 11.9 Å². The molecule has 0 aliphatic carbocycles. The largest absolute Gasteiger partial charge is 0.493 e. The lowest BCUT2D eigenvalue weighted by molar-refractivity contribution is 0.254. The lowest BCUT2D eigenvalue weighted by Crippen LogP contribution is -2.05. The first-order valence-corrected chi connectivity index (χ1v) is 7.81. The van der Waals surface area contributed by atoms with Crippen LogP contribution in [0.1, 0.15) is 25.2 Å². The highest BCUT2D eigenvalue weighted by molar-refractivity contribution is 9.08.